The molecule has 13 heavy (non-hydrogen) atoms. The summed E-state index contributed by atoms with van der Waals surface area (Å²) in [5.74, 6) is 0. The molecule has 1 heterocycles. The van der Waals surface area contributed by atoms with Crippen molar-refractivity contribution in [2.75, 3.05) is 26.2 Å². The van der Waals surface area contributed by atoms with Crippen LogP contribution in [0.3, 0.4) is 0 Å². The van der Waals surface area contributed by atoms with Crippen LogP contribution in [-0.4, -0.2) is 31.1 Å². The number of hydrogen-bond acceptors (Lipinski definition) is 2. The molecule has 0 bridgehead atoms. The molecule has 0 radical (unpaired) electrons. The first kappa shape index (κ1) is 11.0. The minimum atomic E-state index is 0.345. The quantitative estimate of drug-likeness (QED) is 0.722. The van der Waals surface area contributed by atoms with E-state index in [1.165, 1.54) is 45.3 Å². The maximum Gasteiger partial charge on any atom is 0.00473 e. The summed E-state index contributed by atoms with van der Waals surface area (Å²) in [5.41, 5.74) is 6.15. The SMILES string of the molecule is CCC(C)(CN)CN1CCCCC1. The molecule has 1 saturated heterocycles. The second kappa shape index (κ2) is 4.97. The summed E-state index contributed by atoms with van der Waals surface area (Å²) >= 11 is 0. The van der Waals surface area contributed by atoms with Crippen molar-refractivity contribution in [2.24, 2.45) is 11.1 Å². The molecular weight excluding hydrogens is 160 g/mol. The molecule has 2 N–H and O–H groups in total. The molecule has 1 aliphatic heterocycles. The zero-order chi connectivity index (χ0) is 9.73. The molecule has 0 spiro atoms. The molecule has 78 valence electrons. The Bertz CT molecular complexity index is 135. The van der Waals surface area contributed by atoms with Crippen LogP contribution in [0.2, 0.25) is 0 Å². The van der Waals surface area contributed by atoms with Crippen LogP contribution in [0.4, 0.5) is 0 Å². The Morgan fingerprint density at radius 3 is 2.31 bits per heavy atom. The first-order valence-corrected chi connectivity index (χ1v) is 5.62. The van der Waals surface area contributed by atoms with Gasteiger partial charge in [-0.15, -0.1) is 0 Å². The van der Waals surface area contributed by atoms with Gasteiger partial charge >= 0.3 is 0 Å². The van der Waals surface area contributed by atoms with Crippen LogP contribution in [0.5, 0.6) is 0 Å². The number of nitrogens with two attached hydrogens (primary N) is 1. The summed E-state index contributed by atoms with van der Waals surface area (Å²) in [5, 5.41) is 0. The molecule has 1 atom stereocenters. The van der Waals surface area contributed by atoms with E-state index in [-0.39, 0.29) is 0 Å². The molecule has 1 aliphatic rings. The van der Waals surface area contributed by atoms with Gasteiger partial charge in [-0.2, -0.15) is 0 Å². The Morgan fingerprint density at radius 1 is 1.23 bits per heavy atom. The van der Waals surface area contributed by atoms with Crippen LogP contribution < -0.4 is 5.73 Å². The van der Waals surface area contributed by atoms with E-state index in [1.807, 2.05) is 0 Å². The van der Waals surface area contributed by atoms with Crippen molar-refractivity contribution in [2.45, 2.75) is 39.5 Å². The number of rotatable bonds is 4. The lowest BCUT2D eigenvalue weighted by atomic mass is 9.86. The highest BCUT2D eigenvalue weighted by Crippen LogP contribution is 2.22. The summed E-state index contributed by atoms with van der Waals surface area (Å²) in [6, 6.07) is 0. The van der Waals surface area contributed by atoms with Crippen LogP contribution in [0, 0.1) is 5.41 Å². The summed E-state index contributed by atoms with van der Waals surface area (Å²) in [4.78, 5) is 2.58. The minimum Gasteiger partial charge on any atom is -0.330 e. The standard InChI is InChI=1S/C11H24N2/c1-3-11(2,9-12)10-13-7-5-4-6-8-13/h3-10,12H2,1-2H3. The molecule has 1 rings (SSSR count). The molecule has 0 aromatic heterocycles. The summed E-state index contributed by atoms with van der Waals surface area (Å²) in [6.45, 7) is 9.14. The van der Waals surface area contributed by atoms with E-state index in [2.05, 4.69) is 18.7 Å². The molecule has 2 nitrogen and oxygen atoms in total. The van der Waals surface area contributed by atoms with Crippen LogP contribution in [-0.2, 0) is 0 Å². The smallest absolute Gasteiger partial charge is 0.00473 e. The van der Waals surface area contributed by atoms with Crippen LogP contribution >= 0.6 is 0 Å². The van der Waals surface area contributed by atoms with Gasteiger partial charge in [-0.3, -0.25) is 0 Å². The van der Waals surface area contributed by atoms with Gasteiger partial charge in [0.25, 0.3) is 0 Å². The normalized spacial score (nSPS) is 24.2. The predicted octanol–water partition coefficient (Wildman–Crippen LogP) is 1.85. The third-order valence-electron chi connectivity index (χ3n) is 3.40. The van der Waals surface area contributed by atoms with E-state index < -0.39 is 0 Å². The fourth-order valence-corrected chi connectivity index (χ4v) is 1.98. The maximum absolute atomic E-state index is 5.81. The number of nitrogens with zero attached hydrogens (tertiary/aromatic N) is 1. The molecule has 0 aromatic rings. The molecule has 0 aliphatic carbocycles. The zero-order valence-corrected chi connectivity index (χ0v) is 9.18. The van der Waals surface area contributed by atoms with E-state index in [1.54, 1.807) is 0 Å². The van der Waals surface area contributed by atoms with Gasteiger partial charge in [-0.25, -0.2) is 0 Å². The van der Waals surface area contributed by atoms with E-state index in [0.717, 1.165) is 6.54 Å². The van der Waals surface area contributed by atoms with Gasteiger partial charge in [0.2, 0.25) is 0 Å². The van der Waals surface area contributed by atoms with Gasteiger partial charge < -0.3 is 10.6 Å². The lowest BCUT2D eigenvalue weighted by Crippen LogP contribution is -2.42. The molecular formula is C11H24N2. The molecule has 0 aromatic carbocycles. The van der Waals surface area contributed by atoms with Crippen molar-refractivity contribution in [3.05, 3.63) is 0 Å². The first-order valence-electron chi connectivity index (χ1n) is 5.62. The Kier molecular flexibility index (Phi) is 4.20. The maximum atomic E-state index is 5.81. The molecule has 1 fully saturated rings. The predicted molar refractivity (Wildman–Crippen MR) is 57.7 cm³/mol. The Hall–Kier alpha value is -0.0800. The Labute approximate surface area is 82.5 Å². The molecule has 2 heteroatoms. The largest absolute Gasteiger partial charge is 0.330 e. The monoisotopic (exact) mass is 184 g/mol. The van der Waals surface area contributed by atoms with Crippen LogP contribution in [0.1, 0.15) is 39.5 Å². The lowest BCUT2D eigenvalue weighted by Gasteiger charge is -2.36. The summed E-state index contributed by atoms with van der Waals surface area (Å²) in [7, 11) is 0. The van der Waals surface area contributed by atoms with Crippen LogP contribution in [0.15, 0.2) is 0 Å². The van der Waals surface area contributed by atoms with E-state index >= 15 is 0 Å². The van der Waals surface area contributed by atoms with Gasteiger partial charge in [0.15, 0.2) is 0 Å². The highest BCUT2D eigenvalue weighted by molar-refractivity contribution is 4.79. The second-order valence-corrected chi connectivity index (χ2v) is 4.71. The van der Waals surface area contributed by atoms with Crippen molar-refractivity contribution >= 4 is 0 Å². The Balaban J connectivity index is 2.35. The van der Waals surface area contributed by atoms with Crippen molar-refractivity contribution in [1.82, 2.24) is 4.90 Å². The lowest BCUT2D eigenvalue weighted by molar-refractivity contribution is 0.142. The number of likely N-dealkylation sites (tertiary alicyclic amines) is 1. The van der Waals surface area contributed by atoms with Gasteiger partial charge in [0.05, 0.1) is 0 Å². The molecule has 0 saturated carbocycles. The fourth-order valence-electron chi connectivity index (χ4n) is 1.98. The third kappa shape index (κ3) is 3.28. The van der Waals surface area contributed by atoms with E-state index in [0.29, 0.717) is 5.41 Å². The number of piperidine rings is 1. The summed E-state index contributed by atoms with van der Waals surface area (Å²) < 4.78 is 0. The average molecular weight is 184 g/mol. The van der Waals surface area contributed by atoms with E-state index in [4.69, 9.17) is 5.73 Å². The highest BCUT2D eigenvalue weighted by Gasteiger charge is 2.24. The van der Waals surface area contributed by atoms with E-state index in [9.17, 15) is 0 Å². The minimum absolute atomic E-state index is 0.345. The van der Waals surface area contributed by atoms with Crippen molar-refractivity contribution in [3.63, 3.8) is 0 Å². The highest BCUT2D eigenvalue weighted by atomic mass is 15.1. The zero-order valence-electron chi connectivity index (χ0n) is 9.18. The average Bonchev–Trinajstić information content (AvgIpc) is 2.19. The van der Waals surface area contributed by atoms with Crippen molar-refractivity contribution in [1.29, 1.82) is 0 Å². The van der Waals surface area contributed by atoms with Crippen molar-refractivity contribution < 1.29 is 0 Å². The van der Waals surface area contributed by atoms with Gasteiger partial charge in [0, 0.05) is 6.54 Å². The van der Waals surface area contributed by atoms with Crippen molar-refractivity contribution in [3.8, 4) is 0 Å². The number of hydrogen-bond donors (Lipinski definition) is 1. The fraction of sp³-hybridized carbons (Fsp3) is 1.00. The summed E-state index contributed by atoms with van der Waals surface area (Å²) in [6.07, 6.45) is 5.37. The molecule has 1 unspecified atom stereocenters. The van der Waals surface area contributed by atoms with Gasteiger partial charge in [0.1, 0.15) is 0 Å². The second-order valence-electron chi connectivity index (χ2n) is 4.71. The third-order valence-corrected chi connectivity index (χ3v) is 3.40. The molecule has 0 amide bonds. The van der Waals surface area contributed by atoms with Gasteiger partial charge in [-0.05, 0) is 44.3 Å². The topological polar surface area (TPSA) is 29.3 Å². The van der Waals surface area contributed by atoms with Gasteiger partial charge in [-0.1, -0.05) is 20.3 Å². The van der Waals surface area contributed by atoms with Crippen LogP contribution in [0.25, 0.3) is 0 Å². The Morgan fingerprint density at radius 2 is 1.85 bits per heavy atom. The first-order chi connectivity index (χ1) is 6.20.